The molecule has 0 fully saturated rings. The summed E-state index contributed by atoms with van der Waals surface area (Å²) in [5.41, 5.74) is 3.22. The lowest BCUT2D eigenvalue weighted by Gasteiger charge is -2.17. The third-order valence-electron chi connectivity index (χ3n) is 3.79. The van der Waals surface area contributed by atoms with Gasteiger partial charge in [-0.3, -0.25) is 0 Å². The van der Waals surface area contributed by atoms with Crippen molar-refractivity contribution in [1.82, 2.24) is 0 Å². The van der Waals surface area contributed by atoms with Crippen molar-refractivity contribution in [2.75, 3.05) is 13.2 Å². The number of thiocarbonyl (C=S) groups is 1. The van der Waals surface area contributed by atoms with Gasteiger partial charge in [0.1, 0.15) is 0 Å². The maximum absolute atomic E-state index is 5.93. The summed E-state index contributed by atoms with van der Waals surface area (Å²) in [6, 6.07) is 14.2. The molecule has 25 heavy (non-hydrogen) atoms. The van der Waals surface area contributed by atoms with Crippen LogP contribution in [0.3, 0.4) is 0 Å². The SMILES string of the molecule is CCCc1ccc(C=CC(=S)c2ccccc2)c(OCC)c1OCC. The molecule has 0 spiro atoms. The second-order valence-electron chi connectivity index (χ2n) is 5.65. The molecular formula is C22H26O2S. The minimum atomic E-state index is 0.597. The number of benzene rings is 2. The first-order valence-corrected chi connectivity index (χ1v) is 9.30. The Morgan fingerprint density at radius 1 is 0.920 bits per heavy atom. The second kappa shape index (κ2) is 10.00. The Bertz CT molecular complexity index is 720. The van der Waals surface area contributed by atoms with Gasteiger partial charge in [0.15, 0.2) is 11.5 Å². The monoisotopic (exact) mass is 354 g/mol. The molecule has 0 aliphatic heterocycles. The molecule has 0 heterocycles. The summed E-state index contributed by atoms with van der Waals surface area (Å²) < 4.78 is 11.8. The predicted octanol–water partition coefficient (Wildman–Crippen LogP) is 5.87. The molecule has 2 aromatic rings. The van der Waals surface area contributed by atoms with E-state index in [9.17, 15) is 0 Å². The van der Waals surface area contributed by atoms with Crippen LogP contribution in [-0.2, 0) is 6.42 Å². The summed E-state index contributed by atoms with van der Waals surface area (Å²) in [7, 11) is 0. The first-order chi connectivity index (χ1) is 12.2. The summed E-state index contributed by atoms with van der Waals surface area (Å²) in [5.74, 6) is 1.67. The van der Waals surface area contributed by atoms with Crippen LogP contribution in [0.5, 0.6) is 11.5 Å². The van der Waals surface area contributed by atoms with Crippen LogP contribution >= 0.6 is 12.2 Å². The van der Waals surface area contributed by atoms with E-state index in [2.05, 4.69) is 19.1 Å². The van der Waals surface area contributed by atoms with Crippen LogP contribution in [0.2, 0.25) is 0 Å². The highest BCUT2D eigenvalue weighted by atomic mass is 32.1. The topological polar surface area (TPSA) is 18.5 Å². The van der Waals surface area contributed by atoms with Gasteiger partial charge in [-0.25, -0.2) is 0 Å². The molecule has 0 atom stereocenters. The minimum absolute atomic E-state index is 0.597. The zero-order chi connectivity index (χ0) is 18.1. The third kappa shape index (κ3) is 5.17. The normalized spacial score (nSPS) is 10.8. The smallest absolute Gasteiger partial charge is 0.168 e. The van der Waals surface area contributed by atoms with Gasteiger partial charge in [0.05, 0.1) is 13.2 Å². The summed E-state index contributed by atoms with van der Waals surface area (Å²) in [5, 5.41) is 0. The standard InChI is InChI=1S/C22H26O2S/c1-4-10-18-13-14-19(22(24-6-3)21(18)23-5-2)15-16-20(25)17-11-8-7-9-12-17/h7-9,11-16H,4-6,10H2,1-3H3. The van der Waals surface area contributed by atoms with E-state index in [1.54, 1.807) is 0 Å². The molecule has 0 radical (unpaired) electrons. The lowest BCUT2D eigenvalue weighted by molar-refractivity contribution is 0.285. The molecule has 2 aromatic carbocycles. The van der Waals surface area contributed by atoms with E-state index < -0.39 is 0 Å². The van der Waals surface area contributed by atoms with Gasteiger partial charge in [-0.1, -0.05) is 68.0 Å². The zero-order valence-corrected chi connectivity index (χ0v) is 16.1. The maximum atomic E-state index is 5.93. The van der Waals surface area contributed by atoms with Gasteiger partial charge >= 0.3 is 0 Å². The average molecular weight is 355 g/mol. The molecule has 132 valence electrons. The van der Waals surface area contributed by atoms with Crippen molar-refractivity contribution in [1.29, 1.82) is 0 Å². The molecule has 0 amide bonds. The Kier molecular flexibility index (Phi) is 7.68. The highest BCUT2D eigenvalue weighted by Crippen LogP contribution is 2.37. The van der Waals surface area contributed by atoms with Crippen LogP contribution in [0.1, 0.15) is 43.9 Å². The molecule has 0 saturated heterocycles. The second-order valence-corrected chi connectivity index (χ2v) is 6.09. The Morgan fingerprint density at radius 3 is 2.24 bits per heavy atom. The fraction of sp³-hybridized carbons (Fsp3) is 0.318. The summed E-state index contributed by atoms with van der Waals surface area (Å²) in [6.45, 7) is 7.37. The van der Waals surface area contributed by atoms with Crippen molar-refractivity contribution in [3.63, 3.8) is 0 Å². The van der Waals surface area contributed by atoms with Crippen molar-refractivity contribution < 1.29 is 9.47 Å². The Morgan fingerprint density at radius 2 is 1.60 bits per heavy atom. The summed E-state index contributed by atoms with van der Waals surface area (Å²) in [4.78, 5) is 0.804. The quantitative estimate of drug-likeness (QED) is 0.319. The van der Waals surface area contributed by atoms with E-state index in [1.807, 2.05) is 56.3 Å². The van der Waals surface area contributed by atoms with Gasteiger partial charge in [-0.05, 0) is 43.5 Å². The summed E-state index contributed by atoms with van der Waals surface area (Å²) in [6.07, 6.45) is 6.01. The lowest BCUT2D eigenvalue weighted by atomic mass is 10.0. The fourth-order valence-electron chi connectivity index (χ4n) is 2.68. The molecule has 2 nitrogen and oxygen atoms in total. The van der Waals surface area contributed by atoms with Gasteiger partial charge in [0.2, 0.25) is 0 Å². The van der Waals surface area contributed by atoms with E-state index in [4.69, 9.17) is 21.7 Å². The van der Waals surface area contributed by atoms with Gasteiger partial charge in [-0.2, -0.15) is 0 Å². The van der Waals surface area contributed by atoms with Gasteiger partial charge in [0, 0.05) is 10.4 Å². The maximum Gasteiger partial charge on any atom is 0.168 e. The van der Waals surface area contributed by atoms with Crippen molar-refractivity contribution in [2.45, 2.75) is 33.6 Å². The van der Waals surface area contributed by atoms with Crippen LogP contribution in [0.25, 0.3) is 6.08 Å². The van der Waals surface area contributed by atoms with Crippen molar-refractivity contribution in [3.05, 3.63) is 65.2 Å². The van der Waals surface area contributed by atoms with Crippen molar-refractivity contribution in [2.24, 2.45) is 0 Å². The van der Waals surface area contributed by atoms with Crippen LogP contribution < -0.4 is 9.47 Å². The van der Waals surface area contributed by atoms with Crippen molar-refractivity contribution >= 4 is 23.2 Å². The molecule has 0 unspecified atom stereocenters. The van der Waals surface area contributed by atoms with Crippen LogP contribution in [0, 0.1) is 0 Å². The van der Waals surface area contributed by atoms with Crippen LogP contribution in [0.4, 0.5) is 0 Å². The molecule has 0 N–H and O–H groups in total. The minimum Gasteiger partial charge on any atom is -0.490 e. The van der Waals surface area contributed by atoms with E-state index in [0.717, 1.165) is 40.3 Å². The first-order valence-electron chi connectivity index (χ1n) is 8.90. The number of allylic oxidation sites excluding steroid dienone is 1. The van der Waals surface area contributed by atoms with E-state index in [1.165, 1.54) is 5.56 Å². The Hall–Kier alpha value is -2.13. The van der Waals surface area contributed by atoms with Gasteiger partial charge in [-0.15, -0.1) is 0 Å². The van der Waals surface area contributed by atoms with E-state index in [-0.39, 0.29) is 0 Å². The number of hydrogen-bond acceptors (Lipinski definition) is 3. The molecule has 0 aliphatic carbocycles. The fourth-order valence-corrected chi connectivity index (χ4v) is 2.88. The Labute approximate surface area is 156 Å². The highest BCUT2D eigenvalue weighted by Gasteiger charge is 2.14. The number of hydrogen-bond donors (Lipinski definition) is 0. The lowest BCUT2D eigenvalue weighted by Crippen LogP contribution is -2.03. The number of rotatable bonds is 9. The average Bonchev–Trinajstić information content (AvgIpc) is 2.64. The third-order valence-corrected chi connectivity index (χ3v) is 4.17. The number of ether oxygens (including phenoxy) is 2. The molecule has 0 aliphatic rings. The molecule has 0 bridgehead atoms. The van der Waals surface area contributed by atoms with Crippen LogP contribution in [0.15, 0.2) is 48.5 Å². The molecule has 2 rings (SSSR count). The molecule has 0 aromatic heterocycles. The van der Waals surface area contributed by atoms with Gasteiger partial charge in [0.25, 0.3) is 0 Å². The largest absolute Gasteiger partial charge is 0.490 e. The predicted molar refractivity (Wildman–Crippen MR) is 110 cm³/mol. The summed E-state index contributed by atoms with van der Waals surface area (Å²) >= 11 is 5.52. The molecule has 3 heteroatoms. The van der Waals surface area contributed by atoms with Crippen LogP contribution in [-0.4, -0.2) is 18.1 Å². The van der Waals surface area contributed by atoms with E-state index >= 15 is 0 Å². The number of aryl methyl sites for hydroxylation is 1. The molecule has 0 saturated carbocycles. The van der Waals surface area contributed by atoms with Gasteiger partial charge < -0.3 is 9.47 Å². The highest BCUT2D eigenvalue weighted by molar-refractivity contribution is 7.81. The first kappa shape index (κ1) is 19.2. The zero-order valence-electron chi connectivity index (χ0n) is 15.2. The molecular weight excluding hydrogens is 328 g/mol. The van der Waals surface area contributed by atoms with E-state index in [0.29, 0.717) is 13.2 Å². The van der Waals surface area contributed by atoms with Crippen molar-refractivity contribution in [3.8, 4) is 11.5 Å². The Balaban J connectivity index is 2.37.